The molecule has 6 nitrogen and oxygen atoms in total. The number of amides is 2. The normalized spacial score (nSPS) is 21.7. The number of rotatable bonds is 5. The maximum atomic E-state index is 11.9. The second-order valence-corrected chi connectivity index (χ2v) is 6.00. The monoisotopic (exact) mass is 269 g/mol. The standard InChI is InChI=1S/C13H23N3O3/c1-15(2)13(4-3-5-13)9-14-12(19)16-7-10(8-16)6-11(17)18/h10H,3-9H2,1-2H3,(H,14,19)(H,17,18). The third kappa shape index (κ3) is 3.00. The van der Waals surface area contributed by atoms with Crippen molar-refractivity contribution in [3.05, 3.63) is 0 Å². The molecule has 2 N–H and O–H groups in total. The number of nitrogens with one attached hydrogen (secondary N) is 1. The zero-order chi connectivity index (χ0) is 14.0. The molecule has 0 spiro atoms. The van der Waals surface area contributed by atoms with Gasteiger partial charge in [0, 0.05) is 31.1 Å². The molecule has 2 fully saturated rings. The lowest BCUT2D eigenvalue weighted by atomic mass is 9.75. The lowest BCUT2D eigenvalue weighted by Gasteiger charge is -2.48. The summed E-state index contributed by atoms with van der Waals surface area (Å²) in [6.07, 6.45) is 3.63. The fourth-order valence-electron chi connectivity index (χ4n) is 2.83. The number of urea groups is 1. The first-order chi connectivity index (χ1) is 8.93. The number of hydrogen-bond acceptors (Lipinski definition) is 3. The van der Waals surface area contributed by atoms with E-state index in [-0.39, 0.29) is 23.9 Å². The maximum Gasteiger partial charge on any atom is 0.317 e. The van der Waals surface area contributed by atoms with E-state index in [1.54, 1.807) is 4.90 Å². The average Bonchev–Trinajstić information content (AvgIpc) is 2.20. The van der Waals surface area contributed by atoms with Crippen molar-refractivity contribution < 1.29 is 14.7 Å². The molecule has 19 heavy (non-hydrogen) atoms. The second kappa shape index (κ2) is 5.36. The van der Waals surface area contributed by atoms with Crippen molar-refractivity contribution in [2.45, 2.75) is 31.2 Å². The quantitative estimate of drug-likeness (QED) is 0.766. The summed E-state index contributed by atoms with van der Waals surface area (Å²) in [6, 6.07) is -0.0604. The van der Waals surface area contributed by atoms with Crippen LogP contribution < -0.4 is 5.32 Å². The fourth-order valence-corrected chi connectivity index (χ4v) is 2.83. The fraction of sp³-hybridized carbons (Fsp3) is 0.846. The lowest BCUT2D eigenvalue weighted by molar-refractivity contribution is -0.139. The van der Waals surface area contributed by atoms with Gasteiger partial charge in [-0.3, -0.25) is 4.79 Å². The SMILES string of the molecule is CN(C)C1(CNC(=O)N2CC(CC(=O)O)C2)CCC1. The molecule has 2 rings (SSSR count). The molecule has 1 saturated heterocycles. The Bertz CT molecular complexity index is 360. The summed E-state index contributed by atoms with van der Waals surface area (Å²) in [7, 11) is 4.11. The van der Waals surface area contributed by atoms with Crippen LogP contribution in [0.2, 0.25) is 0 Å². The molecule has 2 aliphatic rings. The van der Waals surface area contributed by atoms with Gasteiger partial charge in [0.2, 0.25) is 0 Å². The predicted molar refractivity (Wildman–Crippen MR) is 71.0 cm³/mol. The molecule has 0 radical (unpaired) electrons. The molecule has 0 aromatic carbocycles. The van der Waals surface area contributed by atoms with Crippen molar-refractivity contribution in [1.82, 2.24) is 15.1 Å². The molecule has 0 bridgehead atoms. The molecule has 1 heterocycles. The van der Waals surface area contributed by atoms with Gasteiger partial charge in [0.1, 0.15) is 0 Å². The van der Waals surface area contributed by atoms with Gasteiger partial charge in [-0.2, -0.15) is 0 Å². The van der Waals surface area contributed by atoms with Gasteiger partial charge < -0.3 is 20.2 Å². The minimum absolute atomic E-state index is 0.0604. The number of likely N-dealkylation sites (tertiary alicyclic amines) is 1. The van der Waals surface area contributed by atoms with E-state index in [2.05, 4.69) is 24.3 Å². The first kappa shape index (κ1) is 14.1. The van der Waals surface area contributed by atoms with Crippen LogP contribution in [0.25, 0.3) is 0 Å². The molecule has 0 aromatic heterocycles. The van der Waals surface area contributed by atoms with Crippen molar-refractivity contribution in [3.8, 4) is 0 Å². The van der Waals surface area contributed by atoms with Gasteiger partial charge in [-0.25, -0.2) is 4.79 Å². The summed E-state index contributed by atoms with van der Waals surface area (Å²) in [4.78, 5) is 26.3. The number of carbonyl (C=O) groups is 2. The van der Waals surface area contributed by atoms with Crippen LogP contribution >= 0.6 is 0 Å². The van der Waals surface area contributed by atoms with Crippen LogP contribution in [0.1, 0.15) is 25.7 Å². The average molecular weight is 269 g/mol. The lowest BCUT2D eigenvalue weighted by Crippen LogP contribution is -2.60. The highest BCUT2D eigenvalue weighted by atomic mass is 16.4. The Morgan fingerprint density at radius 3 is 2.42 bits per heavy atom. The molecule has 108 valence electrons. The van der Waals surface area contributed by atoms with Gasteiger partial charge >= 0.3 is 12.0 Å². The van der Waals surface area contributed by atoms with Crippen molar-refractivity contribution in [2.75, 3.05) is 33.7 Å². The van der Waals surface area contributed by atoms with E-state index >= 15 is 0 Å². The van der Waals surface area contributed by atoms with Gasteiger partial charge in [0.15, 0.2) is 0 Å². The second-order valence-electron chi connectivity index (χ2n) is 6.00. The molecule has 1 aliphatic heterocycles. The van der Waals surface area contributed by atoms with Gasteiger partial charge in [-0.1, -0.05) is 0 Å². The minimum Gasteiger partial charge on any atom is -0.481 e. The van der Waals surface area contributed by atoms with E-state index in [0.29, 0.717) is 19.6 Å². The van der Waals surface area contributed by atoms with E-state index < -0.39 is 5.97 Å². The van der Waals surface area contributed by atoms with Crippen LogP contribution in [0.3, 0.4) is 0 Å². The summed E-state index contributed by atoms with van der Waals surface area (Å²) in [5.74, 6) is -0.666. The minimum atomic E-state index is -0.786. The number of nitrogens with zero attached hydrogens (tertiary/aromatic N) is 2. The summed E-state index contributed by atoms with van der Waals surface area (Å²) in [6.45, 7) is 1.80. The highest BCUT2D eigenvalue weighted by Gasteiger charge is 2.40. The van der Waals surface area contributed by atoms with E-state index in [1.807, 2.05) is 0 Å². The smallest absolute Gasteiger partial charge is 0.317 e. The zero-order valence-electron chi connectivity index (χ0n) is 11.7. The van der Waals surface area contributed by atoms with Gasteiger partial charge in [-0.05, 0) is 33.4 Å². The Labute approximate surface area is 113 Å². The topological polar surface area (TPSA) is 72.9 Å². The molecule has 1 aliphatic carbocycles. The molecule has 2 amide bonds. The predicted octanol–water partition coefficient (Wildman–Crippen LogP) is 0.587. The van der Waals surface area contributed by atoms with E-state index in [9.17, 15) is 9.59 Å². The molecule has 6 heteroatoms. The van der Waals surface area contributed by atoms with Gasteiger partial charge in [0.05, 0.1) is 6.42 Å². The summed E-state index contributed by atoms with van der Waals surface area (Å²) in [5.41, 5.74) is 0.126. The molecule has 0 unspecified atom stereocenters. The number of likely N-dealkylation sites (N-methyl/N-ethyl adjacent to an activating group) is 1. The first-order valence-corrected chi connectivity index (χ1v) is 6.85. The Morgan fingerprint density at radius 1 is 1.37 bits per heavy atom. The molecule has 0 aromatic rings. The molecular weight excluding hydrogens is 246 g/mol. The van der Waals surface area contributed by atoms with Crippen LogP contribution in [-0.4, -0.2) is 66.2 Å². The third-order valence-corrected chi connectivity index (χ3v) is 4.51. The summed E-state index contributed by atoms with van der Waals surface area (Å²) in [5, 5.41) is 11.6. The number of hydrogen-bond donors (Lipinski definition) is 2. The third-order valence-electron chi connectivity index (χ3n) is 4.51. The van der Waals surface area contributed by atoms with Crippen LogP contribution in [0, 0.1) is 5.92 Å². The van der Waals surface area contributed by atoms with Gasteiger partial charge in [0.25, 0.3) is 0 Å². The maximum absolute atomic E-state index is 11.9. The molecule has 0 atom stereocenters. The van der Waals surface area contributed by atoms with Crippen LogP contribution in [0.15, 0.2) is 0 Å². The van der Waals surface area contributed by atoms with Crippen molar-refractivity contribution in [1.29, 1.82) is 0 Å². The molecule has 1 saturated carbocycles. The Morgan fingerprint density at radius 2 is 2.00 bits per heavy atom. The van der Waals surface area contributed by atoms with Crippen LogP contribution in [0.4, 0.5) is 4.79 Å². The highest BCUT2D eigenvalue weighted by molar-refractivity contribution is 5.75. The summed E-state index contributed by atoms with van der Waals surface area (Å²) >= 11 is 0. The van der Waals surface area contributed by atoms with Crippen molar-refractivity contribution in [2.24, 2.45) is 5.92 Å². The van der Waals surface area contributed by atoms with E-state index in [1.165, 1.54) is 6.42 Å². The zero-order valence-corrected chi connectivity index (χ0v) is 11.7. The van der Waals surface area contributed by atoms with E-state index in [4.69, 9.17) is 5.11 Å². The van der Waals surface area contributed by atoms with Crippen molar-refractivity contribution in [3.63, 3.8) is 0 Å². The molecular formula is C13H23N3O3. The largest absolute Gasteiger partial charge is 0.481 e. The first-order valence-electron chi connectivity index (χ1n) is 6.85. The van der Waals surface area contributed by atoms with Crippen molar-refractivity contribution >= 4 is 12.0 Å². The van der Waals surface area contributed by atoms with E-state index in [0.717, 1.165) is 12.8 Å². The summed E-state index contributed by atoms with van der Waals surface area (Å²) < 4.78 is 0. The number of carbonyl (C=O) groups excluding carboxylic acids is 1. The van der Waals surface area contributed by atoms with Crippen LogP contribution in [-0.2, 0) is 4.79 Å². The number of carboxylic acid groups (broad SMARTS) is 1. The Kier molecular flexibility index (Phi) is 3.99. The Balaban J connectivity index is 1.70. The highest BCUT2D eigenvalue weighted by Crippen LogP contribution is 2.35. The number of carboxylic acids is 1. The van der Waals surface area contributed by atoms with Crippen LogP contribution in [0.5, 0.6) is 0 Å². The Hall–Kier alpha value is -1.30. The number of aliphatic carboxylic acids is 1. The van der Waals surface area contributed by atoms with Gasteiger partial charge in [-0.15, -0.1) is 0 Å².